The number of rotatable bonds is 8. The largest absolute Gasteiger partial charge is 0.375 e. The molecule has 0 aromatic rings. The number of nitrogens with zero attached hydrogens (tertiary/aromatic N) is 1. The van der Waals surface area contributed by atoms with E-state index in [0.717, 1.165) is 25.9 Å². The van der Waals surface area contributed by atoms with Crippen molar-refractivity contribution in [2.45, 2.75) is 31.7 Å². The molecule has 1 fully saturated rings. The van der Waals surface area contributed by atoms with Crippen molar-refractivity contribution in [3.8, 4) is 0 Å². The highest BCUT2D eigenvalue weighted by atomic mass is 19.3. The van der Waals surface area contributed by atoms with Crippen LogP contribution in [0.15, 0.2) is 0 Å². The minimum Gasteiger partial charge on any atom is -0.375 e. The van der Waals surface area contributed by atoms with Crippen molar-refractivity contribution in [2.75, 3.05) is 32.8 Å². The SMILES string of the molecule is NC(=O)CN(C(=O)CCOCC(F)F)C1CCNCC1. The first kappa shape index (κ1) is 16.8. The molecule has 0 bridgehead atoms. The van der Waals surface area contributed by atoms with E-state index in [-0.39, 0.29) is 31.5 Å². The topological polar surface area (TPSA) is 84.7 Å². The molecule has 116 valence electrons. The summed E-state index contributed by atoms with van der Waals surface area (Å²) in [6, 6.07) is -0.0358. The number of halogens is 2. The van der Waals surface area contributed by atoms with Crippen molar-refractivity contribution in [3.05, 3.63) is 0 Å². The van der Waals surface area contributed by atoms with Crippen molar-refractivity contribution in [1.29, 1.82) is 0 Å². The number of carbonyl (C=O) groups excluding carboxylic acids is 2. The summed E-state index contributed by atoms with van der Waals surface area (Å²) in [6.45, 7) is 0.641. The maximum Gasteiger partial charge on any atom is 0.261 e. The van der Waals surface area contributed by atoms with Crippen LogP contribution in [0, 0.1) is 0 Å². The third-order valence-corrected chi connectivity index (χ3v) is 3.10. The minimum absolute atomic E-state index is 0.0239. The van der Waals surface area contributed by atoms with E-state index in [1.807, 2.05) is 0 Å². The highest BCUT2D eigenvalue weighted by molar-refractivity contribution is 5.84. The molecular formula is C12H21F2N3O3. The lowest BCUT2D eigenvalue weighted by molar-refractivity contribution is -0.139. The lowest BCUT2D eigenvalue weighted by atomic mass is 10.0. The number of amides is 2. The Morgan fingerprint density at radius 1 is 1.35 bits per heavy atom. The minimum atomic E-state index is -2.55. The first-order valence-electron chi connectivity index (χ1n) is 6.65. The number of nitrogens with two attached hydrogens (primary N) is 1. The summed E-state index contributed by atoms with van der Waals surface area (Å²) in [7, 11) is 0. The molecule has 0 atom stereocenters. The van der Waals surface area contributed by atoms with Gasteiger partial charge < -0.3 is 20.7 Å². The molecule has 0 aromatic heterocycles. The molecule has 20 heavy (non-hydrogen) atoms. The van der Waals surface area contributed by atoms with Gasteiger partial charge >= 0.3 is 0 Å². The van der Waals surface area contributed by atoms with Gasteiger partial charge in [-0.1, -0.05) is 0 Å². The summed E-state index contributed by atoms with van der Waals surface area (Å²) in [5.74, 6) is -0.865. The van der Waals surface area contributed by atoms with Gasteiger partial charge in [-0.3, -0.25) is 9.59 Å². The van der Waals surface area contributed by atoms with Crippen LogP contribution < -0.4 is 11.1 Å². The van der Waals surface area contributed by atoms with E-state index in [0.29, 0.717) is 0 Å². The molecule has 2 amide bonds. The second kappa shape index (κ2) is 8.80. The van der Waals surface area contributed by atoms with Crippen LogP contribution in [0.4, 0.5) is 8.78 Å². The van der Waals surface area contributed by atoms with Gasteiger partial charge in [0.25, 0.3) is 6.43 Å². The van der Waals surface area contributed by atoms with Gasteiger partial charge in [-0.05, 0) is 25.9 Å². The molecular weight excluding hydrogens is 272 g/mol. The van der Waals surface area contributed by atoms with E-state index < -0.39 is 18.9 Å². The normalized spacial score (nSPS) is 16.4. The van der Waals surface area contributed by atoms with E-state index in [4.69, 9.17) is 5.73 Å². The van der Waals surface area contributed by atoms with Gasteiger partial charge in [-0.15, -0.1) is 0 Å². The number of piperidine rings is 1. The van der Waals surface area contributed by atoms with Crippen LogP contribution in [0.25, 0.3) is 0 Å². The smallest absolute Gasteiger partial charge is 0.261 e. The molecule has 0 radical (unpaired) electrons. The van der Waals surface area contributed by atoms with E-state index in [1.165, 1.54) is 4.90 Å². The zero-order valence-electron chi connectivity index (χ0n) is 11.3. The summed E-state index contributed by atoms with van der Waals surface area (Å²) in [5.41, 5.74) is 5.15. The molecule has 1 heterocycles. The Bertz CT molecular complexity index is 323. The predicted octanol–water partition coefficient (Wildman–Crippen LogP) is -0.276. The fourth-order valence-corrected chi connectivity index (χ4v) is 2.18. The third-order valence-electron chi connectivity index (χ3n) is 3.10. The van der Waals surface area contributed by atoms with Gasteiger partial charge in [-0.2, -0.15) is 0 Å². The molecule has 3 N–H and O–H groups in total. The van der Waals surface area contributed by atoms with Crippen molar-refractivity contribution >= 4 is 11.8 Å². The van der Waals surface area contributed by atoms with Gasteiger partial charge in [0, 0.05) is 6.04 Å². The molecule has 0 spiro atoms. The van der Waals surface area contributed by atoms with Crippen LogP contribution in [-0.4, -0.2) is 62.0 Å². The molecule has 0 unspecified atom stereocenters. The van der Waals surface area contributed by atoms with Crippen LogP contribution in [-0.2, 0) is 14.3 Å². The Kier molecular flexibility index (Phi) is 7.38. The average Bonchev–Trinajstić information content (AvgIpc) is 2.41. The molecule has 1 rings (SSSR count). The number of hydrogen-bond acceptors (Lipinski definition) is 4. The number of ether oxygens (including phenoxy) is 1. The summed E-state index contributed by atoms with van der Waals surface area (Å²) in [5, 5.41) is 3.16. The molecule has 1 aliphatic rings. The van der Waals surface area contributed by atoms with Crippen LogP contribution >= 0.6 is 0 Å². The monoisotopic (exact) mass is 293 g/mol. The molecule has 8 heteroatoms. The Morgan fingerprint density at radius 3 is 2.55 bits per heavy atom. The third kappa shape index (κ3) is 6.25. The molecule has 1 aliphatic heterocycles. The first-order valence-corrected chi connectivity index (χ1v) is 6.65. The summed E-state index contributed by atoms with van der Waals surface area (Å²) in [4.78, 5) is 24.6. The van der Waals surface area contributed by atoms with Gasteiger partial charge in [0.2, 0.25) is 11.8 Å². The average molecular weight is 293 g/mol. The molecule has 0 aliphatic carbocycles. The summed E-state index contributed by atoms with van der Waals surface area (Å²) in [6.07, 6.45) is -1.08. The fourth-order valence-electron chi connectivity index (χ4n) is 2.18. The summed E-state index contributed by atoms with van der Waals surface area (Å²) < 4.78 is 28.5. The van der Waals surface area contributed by atoms with E-state index >= 15 is 0 Å². The van der Waals surface area contributed by atoms with E-state index in [9.17, 15) is 18.4 Å². The number of alkyl halides is 2. The predicted molar refractivity (Wildman–Crippen MR) is 68.2 cm³/mol. The second-order valence-corrected chi connectivity index (χ2v) is 4.69. The maximum atomic E-state index is 12.1. The van der Waals surface area contributed by atoms with Crippen molar-refractivity contribution in [1.82, 2.24) is 10.2 Å². The summed E-state index contributed by atoms with van der Waals surface area (Å²) >= 11 is 0. The Hall–Kier alpha value is -1.28. The molecule has 0 saturated carbocycles. The van der Waals surface area contributed by atoms with Gasteiger partial charge in [0.15, 0.2) is 0 Å². The Morgan fingerprint density at radius 2 is 2.00 bits per heavy atom. The van der Waals surface area contributed by atoms with Crippen LogP contribution in [0.2, 0.25) is 0 Å². The second-order valence-electron chi connectivity index (χ2n) is 4.69. The van der Waals surface area contributed by atoms with Crippen molar-refractivity contribution in [2.24, 2.45) is 5.73 Å². The highest BCUT2D eigenvalue weighted by Gasteiger charge is 2.26. The standard InChI is InChI=1S/C12H21F2N3O3/c13-10(14)8-20-6-3-12(19)17(7-11(15)18)9-1-4-16-5-2-9/h9-10,16H,1-8H2,(H2,15,18). The van der Waals surface area contributed by atoms with Crippen molar-refractivity contribution in [3.63, 3.8) is 0 Å². The fraction of sp³-hybridized carbons (Fsp3) is 0.833. The van der Waals surface area contributed by atoms with Crippen LogP contribution in [0.3, 0.4) is 0 Å². The highest BCUT2D eigenvalue weighted by Crippen LogP contribution is 2.13. The number of carbonyl (C=O) groups is 2. The zero-order chi connectivity index (χ0) is 15.0. The van der Waals surface area contributed by atoms with Crippen LogP contribution in [0.1, 0.15) is 19.3 Å². The van der Waals surface area contributed by atoms with E-state index in [2.05, 4.69) is 10.1 Å². The van der Waals surface area contributed by atoms with Gasteiger partial charge in [0.05, 0.1) is 19.6 Å². The van der Waals surface area contributed by atoms with Crippen molar-refractivity contribution < 1.29 is 23.1 Å². The maximum absolute atomic E-state index is 12.1. The lowest BCUT2D eigenvalue weighted by Gasteiger charge is -2.34. The Balaban J connectivity index is 2.44. The molecule has 1 saturated heterocycles. The number of hydrogen-bond donors (Lipinski definition) is 2. The number of nitrogens with one attached hydrogen (secondary N) is 1. The number of primary amides is 1. The molecule has 0 aromatic carbocycles. The lowest BCUT2D eigenvalue weighted by Crippen LogP contribution is -2.49. The first-order chi connectivity index (χ1) is 9.50. The molecule has 6 nitrogen and oxygen atoms in total. The Labute approximate surface area is 116 Å². The quantitative estimate of drug-likeness (QED) is 0.603. The zero-order valence-corrected chi connectivity index (χ0v) is 11.3. The van der Waals surface area contributed by atoms with Gasteiger partial charge in [0.1, 0.15) is 6.61 Å². The van der Waals surface area contributed by atoms with E-state index in [1.54, 1.807) is 0 Å². The van der Waals surface area contributed by atoms with Crippen LogP contribution in [0.5, 0.6) is 0 Å². The van der Waals surface area contributed by atoms with Gasteiger partial charge in [-0.25, -0.2) is 8.78 Å².